The molecule has 0 aromatic heterocycles. The van der Waals surface area contributed by atoms with E-state index >= 15 is 0 Å². The summed E-state index contributed by atoms with van der Waals surface area (Å²) in [6.45, 7) is 8.17. The molecule has 0 atom stereocenters. The molecule has 23 heavy (non-hydrogen) atoms. The lowest BCUT2D eigenvalue weighted by Crippen LogP contribution is -2.40. The number of anilines is 1. The monoisotopic (exact) mass is 320 g/mol. The molecule has 1 fully saturated rings. The molecule has 5 nitrogen and oxygen atoms in total. The van der Waals surface area contributed by atoms with Gasteiger partial charge in [-0.3, -0.25) is 4.79 Å². The van der Waals surface area contributed by atoms with Gasteiger partial charge in [0, 0.05) is 25.4 Å². The Morgan fingerprint density at radius 2 is 1.91 bits per heavy atom. The van der Waals surface area contributed by atoms with Gasteiger partial charge in [0.25, 0.3) is 0 Å². The second-order valence-corrected chi connectivity index (χ2v) is 5.99. The highest BCUT2D eigenvalue weighted by Crippen LogP contribution is 2.17. The highest BCUT2D eigenvalue weighted by Gasteiger charge is 2.19. The fourth-order valence-corrected chi connectivity index (χ4v) is 2.58. The van der Waals surface area contributed by atoms with Gasteiger partial charge in [0.1, 0.15) is 12.4 Å². The number of rotatable bonds is 8. The minimum atomic E-state index is 0.175. The van der Waals surface area contributed by atoms with Crippen LogP contribution in [-0.4, -0.2) is 50.3 Å². The molecule has 1 amide bonds. The molecule has 0 aliphatic carbocycles. The Kier molecular flexibility index (Phi) is 7.20. The SMILES string of the molecule is CCOCCOc1ccc(NCC(=O)N2CCC(C)CC2)cc1. The zero-order valence-corrected chi connectivity index (χ0v) is 14.2. The van der Waals surface area contributed by atoms with E-state index < -0.39 is 0 Å². The summed E-state index contributed by atoms with van der Waals surface area (Å²) in [5, 5.41) is 3.19. The van der Waals surface area contributed by atoms with Crippen molar-refractivity contribution in [3.8, 4) is 5.75 Å². The van der Waals surface area contributed by atoms with Gasteiger partial charge in [-0.1, -0.05) is 6.92 Å². The summed E-state index contributed by atoms with van der Waals surface area (Å²) in [5.41, 5.74) is 0.931. The van der Waals surface area contributed by atoms with Gasteiger partial charge in [0.15, 0.2) is 0 Å². The molecule has 1 aromatic rings. The summed E-state index contributed by atoms with van der Waals surface area (Å²) in [4.78, 5) is 14.1. The van der Waals surface area contributed by atoms with Crippen LogP contribution < -0.4 is 10.1 Å². The van der Waals surface area contributed by atoms with Crippen LogP contribution in [0.25, 0.3) is 0 Å². The molecule has 1 aromatic carbocycles. The second-order valence-electron chi connectivity index (χ2n) is 5.99. The average Bonchev–Trinajstić information content (AvgIpc) is 2.58. The van der Waals surface area contributed by atoms with Crippen molar-refractivity contribution in [3.05, 3.63) is 24.3 Å². The van der Waals surface area contributed by atoms with Crippen LogP contribution in [-0.2, 0) is 9.53 Å². The highest BCUT2D eigenvalue weighted by atomic mass is 16.5. The zero-order valence-electron chi connectivity index (χ0n) is 14.2. The molecule has 0 spiro atoms. The van der Waals surface area contributed by atoms with E-state index in [2.05, 4.69) is 12.2 Å². The van der Waals surface area contributed by atoms with Gasteiger partial charge in [-0.05, 0) is 49.9 Å². The molecule has 5 heteroatoms. The molecule has 1 aliphatic rings. The first-order valence-corrected chi connectivity index (χ1v) is 8.51. The summed E-state index contributed by atoms with van der Waals surface area (Å²) in [7, 11) is 0. The largest absolute Gasteiger partial charge is 0.491 e. The smallest absolute Gasteiger partial charge is 0.241 e. The summed E-state index contributed by atoms with van der Waals surface area (Å²) in [5.74, 6) is 1.72. The van der Waals surface area contributed by atoms with Gasteiger partial charge in [0.05, 0.1) is 13.2 Å². The van der Waals surface area contributed by atoms with Crippen LogP contribution in [0.4, 0.5) is 5.69 Å². The van der Waals surface area contributed by atoms with Crippen LogP contribution in [0.5, 0.6) is 5.75 Å². The van der Waals surface area contributed by atoms with Crippen LogP contribution >= 0.6 is 0 Å². The fourth-order valence-electron chi connectivity index (χ4n) is 2.58. The summed E-state index contributed by atoms with van der Waals surface area (Å²) in [6, 6.07) is 7.67. The van der Waals surface area contributed by atoms with Crippen molar-refractivity contribution >= 4 is 11.6 Å². The Balaban J connectivity index is 1.70. The first-order chi connectivity index (χ1) is 11.2. The van der Waals surface area contributed by atoms with Crippen LogP contribution in [0.1, 0.15) is 26.7 Å². The number of nitrogens with one attached hydrogen (secondary N) is 1. The van der Waals surface area contributed by atoms with Gasteiger partial charge in [-0.25, -0.2) is 0 Å². The topological polar surface area (TPSA) is 50.8 Å². The Labute approximate surface area is 139 Å². The molecule has 0 saturated carbocycles. The van der Waals surface area contributed by atoms with Crippen molar-refractivity contribution in [1.82, 2.24) is 4.90 Å². The third-order valence-electron chi connectivity index (χ3n) is 4.13. The van der Waals surface area contributed by atoms with Gasteiger partial charge in [-0.15, -0.1) is 0 Å². The number of benzene rings is 1. The Hall–Kier alpha value is -1.75. The molecule has 2 rings (SSSR count). The van der Waals surface area contributed by atoms with E-state index in [9.17, 15) is 4.79 Å². The number of piperidine rings is 1. The summed E-state index contributed by atoms with van der Waals surface area (Å²) < 4.78 is 10.8. The first-order valence-electron chi connectivity index (χ1n) is 8.51. The van der Waals surface area contributed by atoms with Crippen molar-refractivity contribution in [2.75, 3.05) is 44.8 Å². The quantitative estimate of drug-likeness (QED) is 0.748. The lowest BCUT2D eigenvalue weighted by molar-refractivity contribution is -0.130. The highest BCUT2D eigenvalue weighted by molar-refractivity contribution is 5.81. The number of likely N-dealkylation sites (tertiary alicyclic amines) is 1. The maximum absolute atomic E-state index is 12.2. The lowest BCUT2D eigenvalue weighted by atomic mass is 9.99. The summed E-state index contributed by atoms with van der Waals surface area (Å²) in [6.07, 6.45) is 2.22. The summed E-state index contributed by atoms with van der Waals surface area (Å²) >= 11 is 0. The second kappa shape index (κ2) is 9.40. The number of amides is 1. The molecule has 1 aliphatic heterocycles. The number of hydrogen-bond acceptors (Lipinski definition) is 4. The Morgan fingerprint density at radius 1 is 1.22 bits per heavy atom. The number of carbonyl (C=O) groups is 1. The van der Waals surface area contributed by atoms with Crippen molar-refractivity contribution in [1.29, 1.82) is 0 Å². The van der Waals surface area contributed by atoms with E-state index in [4.69, 9.17) is 9.47 Å². The molecule has 0 unspecified atom stereocenters. The van der Waals surface area contributed by atoms with E-state index in [0.717, 1.165) is 43.3 Å². The predicted molar refractivity (Wildman–Crippen MR) is 91.9 cm³/mol. The van der Waals surface area contributed by atoms with Crippen LogP contribution in [0.15, 0.2) is 24.3 Å². The van der Waals surface area contributed by atoms with E-state index in [-0.39, 0.29) is 5.91 Å². The minimum absolute atomic E-state index is 0.175. The van der Waals surface area contributed by atoms with Gasteiger partial charge < -0.3 is 19.7 Å². The van der Waals surface area contributed by atoms with E-state index in [1.807, 2.05) is 36.1 Å². The first kappa shape index (κ1) is 17.6. The van der Waals surface area contributed by atoms with Crippen molar-refractivity contribution in [2.45, 2.75) is 26.7 Å². The maximum Gasteiger partial charge on any atom is 0.241 e. The molecular formula is C18H28N2O3. The third kappa shape index (κ3) is 6.10. The Morgan fingerprint density at radius 3 is 2.57 bits per heavy atom. The van der Waals surface area contributed by atoms with E-state index in [0.29, 0.717) is 26.4 Å². The maximum atomic E-state index is 12.2. The fraction of sp³-hybridized carbons (Fsp3) is 0.611. The van der Waals surface area contributed by atoms with Crippen LogP contribution in [0.3, 0.4) is 0 Å². The van der Waals surface area contributed by atoms with Gasteiger partial charge in [-0.2, -0.15) is 0 Å². The molecule has 0 radical (unpaired) electrons. The molecule has 1 heterocycles. The number of ether oxygens (including phenoxy) is 2. The van der Waals surface area contributed by atoms with Gasteiger partial charge in [0.2, 0.25) is 5.91 Å². The molecular weight excluding hydrogens is 292 g/mol. The lowest BCUT2D eigenvalue weighted by Gasteiger charge is -2.30. The minimum Gasteiger partial charge on any atom is -0.491 e. The van der Waals surface area contributed by atoms with Crippen molar-refractivity contribution in [2.24, 2.45) is 5.92 Å². The molecule has 0 bridgehead atoms. The molecule has 128 valence electrons. The third-order valence-corrected chi connectivity index (χ3v) is 4.13. The number of carbonyl (C=O) groups excluding carboxylic acids is 1. The Bertz CT molecular complexity index is 468. The molecule has 1 N–H and O–H groups in total. The number of hydrogen-bond donors (Lipinski definition) is 1. The van der Waals surface area contributed by atoms with Crippen molar-refractivity contribution < 1.29 is 14.3 Å². The molecule has 1 saturated heterocycles. The predicted octanol–water partition coefficient (Wildman–Crippen LogP) is 2.77. The van der Waals surface area contributed by atoms with E-state index in [1.54, 1.807) is 0 Å². The average molecular weight is 320 g/mol. The van der Waals surface area contributed by atoms with Crippen LogP contribution in [0, 0.1) is 5.92 Å². The zero-order chi connectivity index (χ0) is 16.5. The normalized spacial score (nSPS) is 15.5. The van der Waals surface area contributed by atoms with E-state index in [1.165, 1.54) is 0 Å². The van der Waals surface area contributed by atoms with Crippen LogP contribution in [0.2, 0.25) is 0 Å². The van der Waals surface area contributed by atoms with Gasteiger partial charge >= 0.3 is 0 Å². The standard InChI is InChI=1S/C18H28N2O3/c1-3-22-12-13-23-17-6-4-16(5-7-17)19-14-18(21)20-10-8-15(2)9-11-20/h4-7,15,19H,3,8-14H2,1-2H3. The number of nitrogens with zero attached hydrogens (tertiary/aromatic N) is 1. The van der Waals surface area contributed by atoms with Crippen molar-refractivity contribution in [3.63, 3.8) is 0 Å².